The Hall–Kier alpha value is -3.01. The van der Waals surface area contributed by atoms with Crippen molar-refractivity contribution >= 4 is 27.5 Å². The molecule has 0 spiro atoms. The first-order valence-corrected chi connectivity index (χ1v) is 8.19. The number of hydrogen-bond acceptors (Lipinski definition) is 6. The van der Waals surface area contributed by atoms with Crippen LogP contribution in [0.1, 0.15) is 17.4 Å². The van der Waals surface area contributed by atoms with Crippen LogP contribution in [-0.2, 0) is 10.0 Å². The van der Waals surface area contributed by atoms with Crippen LogP contribution in [0, 0.1) is 10.1 Å². The van der Waals surface area contributed by atoms with Gasteiger partial charge in [-0.2, -0.15) is 0 Å². The predicted molar refractivity (Wildman–Crippen MR) is 84.5 cm³/mol. The van der Waals surface area contributed by atoms with Crippen molar-refractivity contribution in [3.63, 3.8) is 0 Å². The number of carboxylic acid groups (broad SMARTS) is 1. The molecule has 1 N–H and O–H groups in total. The Kier molecular flexibility index (Phi) is 4.79. The molecule has 2 rings (SSSR count). The summed E-state index contributed by atoms with van der Waals surface area (Å²) >= 11 is 0. The lowest BCUT2D eigenvalue weighted by Crippen LogP contribution is -2.31. The first-order chi connectivity index (χ1) is 11.3. The number of benzene rings is 1. The van der Waals surface area contributed by atoms with Gasteiger partial charge < -0.3 is 5.11 Å². The summed E-state index contributed by atoms with van der Waals surface area (Å²) in [5.41, 5.74) is -0.667. The molecule has 0 unspecified atom stereocenters. The van der Waals surface area contributed by atoms with E-state index in [1.807, 2.05) is 0 Å². The van der Waals surface area contributed by atoms with Crippen LogP contribution in [0.25, 0.3) is 0 Å². The van der Waals surface area contributed by atoms with Gasteiger partial charge in [0.05, 0.1) is 9.82 Å². The third kappa shape index (κ3) is 3.33. The highest BCUT2D eigenvalue weighted by Crippen LogP contribution is 2.24. The molecule has 1 aromatic heterocycles. The molecular formula is C14H13N3O6S. The monoisotopic (exact) mass is 351 g/mol. The van der Waals surface area contributed by atoms with E-state index in [1.54, 1.807) is 6.92 Å². The summed E-state index contributed by atoms with van der Waals surface area (Å²) in [4.78, 5) is 24.7. The summed E-state index contributed by atoms with van der Waals surface area (Å²) in [7, 11) is -4.13. The predicted octanol–water partition coefficient (Wildman–Crippen LogP) is 1.90. The maximum Gasteiger partial charge on any atom is 0.354 e. The zero-order valence-electron chi connectivity index (χ0n) is 12.5. The number of carboxylic acids is 1. The average Bonchev–Trinajstić information content (AvgIpc) is 2.55. The molecule has 1 heterocycles. The van der Waals surface area contributed by atoms with Crippen molar-refractivity contribution in [2.45, 2.75) is 11.8 Å². The number of nitrogens with zero attached hydrogens (tertiary/aromatic N) is 3. The van der Waals surface area contributed by atoms with Crippen molar-refractivity contribution in [2.24, 2.45) is 0 Å². The lowest BCUT2D eigenvalue weighted by atomic mass is 10.3. The number of aromatic nitrogens is 1. The SMILES string of the molecule is CCN(c1cccc(C(=O)O)n1)S(=O)(=O)c1cccc([N+](=O)[O-])c1. The molecule has 0 aliphatic rings. The second kappa shape index (κ2) is 6.62. The van der Waals surface area contributed by atoms with Crippen molar-refractivity contribution in [3.8, 4) is 0 Å². The van der Waals surface area contributed by atoms with Gasteiger partial charge in [0, 0.05) is 18.7 Å². The quantitative estimate of drug-likeness (QED) is 0.621. The fourth-order valence-corrected chi connectivity index (χ4v) is 3.48. The number of non-ortho nitro benzene ring substituents is 1. The molecule has 0 bridgehead atoms. The minimum absolute atomic E-state index is 0.0267. The lowest BCUT2D eigenvalue weighted by molar-refractivity contribution is -0.385. The largest absolute Gasteiger partial charge is 0.477 e. The number of anilines is 1. The zero-order chi connectivity index (χ0) is 17.9. The Morgan fingerprint density at radius 2 is 1.96 bits per heavy atom. The summed E-state index contributed by atoms with van der Waals surface area (Å²) in [5.74, 6) is -1.37. The molecule has 0 amide bonds. The van der Waals surface area contributed by atoms with Gasteiger partial charge in [-0.3, -0.25) is 14.4 Å². The summed E-state index contributed by atoms with van der Waals surface area (Å²) in [6, 6.07) is 8.57. The Morgan fingerprint density at radius 3 is 2.54 bits per heavy atom. The Balaban J connectivity index is 2.53. The first-order valence-electron chi connectivity index (χ1n) is 6.75. The second-order valence-electron chi connectivity index (χ2n) is 4.61. The van der Waals surface area contributed by atoms with Crippen LogP contribution in [-0.4, -0.2) is 35.9 Å². The van der Waals surface area contributed by atoms with Crippen LogP contribution in [0.5, 0.6) is 0 Å². The second-order valence-corrected chi connectivity index (χ2v) is 6.47. The van der Waals surface area contributed by atoms with Gasteiger partial charge >= 0.3 is 5.97 Å². The molecule has 0 aliphatic carbocycles. The molecule has 126 valence electrons. The van der Waals surface area contributed by atoms with E-state index in [9.17, 15) is 23.3 Å². The van der Waals surface area contributed by atoms with E-state index in [0.29, 0.717) is 0 Å². The number of hydrogen-bond donors (Lipinski definition) is 1. The number of nitro benzene ring substituents is 1. The number of carbonyl (C=O) groups is 1. The summed E-state index contributed by atoms with van der Waals surface area (Å²) in [6.07, 6.45) is 0. The fraction of sp³-hybridized carbons (Fsp3) is 0.143. The van der Waals surface area contributed by atoms with Crippen LogP contribution < -0.4 is 4.31 Å². The highest BCUT2D eigenvalue weighted by molar-refractivity contribution is 7.92. The van der Waals surface area contributed by atoms with Crippen molar-refractivity contribution in [1.82, 2.24) is 4.98 Å². The minimum Gasteiger partial charge on any atom is -0.477 e. The summed E-state index contributed by atoms with van der Waals surface area (Å²) in [5, 5.41) is 19.8. The topological polar surface area (TPSA) is 131 Å². The first kappa shape index (κ1) is 17.3. The van der Waals surface area contributed by atoms with E-state index < -0.39 is 20.9 Å². The number of nitro groups is 1. The third-order valence-corrected chi connectivity index (χ3v) is 4.99. The molecule has 0 atom stereocenters. The Labute approximate surface area is 137 Å². The van der Waals surface area contributed by atoms with Gasteiger partial charge in [0.25, 0.3) is 15.7 Å². The Morgan fingerprint density at radius 1 is 1.29 bits per heavy atom. The van der Waals surface area contributed by atoms with Crippen molar-refractivity contribution in [1.29, 1.82) is 0 Å². The molecule has 0 saturated carbocycles. The van der Waals surface area contributed by atoms with Crippen LogP contribution in [0.3, 0.4) is 0 Å². The third-order valence-electron chi connectivity index (χ3n) is 3.11. The zero-order valence-corrected chi connectivity index (χ0v) is 13.3. The number of pyridine rings is 1. The molecule has 1 aromatic carbocycles. The minimum atomic E-state index is -4.13. The van der Waals surface area contributed by atoms with E-state index in [0.717, 1.165) is 10.4 Å². The van der Waals surface area contributed by atoms with Crippen LogP contribution in [0.15, 0.2) is 47.4 Å². The smallest absolute Gasteiger partial charge is 0.354 e. The van der Waals surface area contributed by atoms with Crippen LogP contribution in [0.2, 0.25) is 0 Å². The normalized spacial score (nSPS) is 11.0. The van der Waals surface area contributed by atoms with Gasteiger partial charge in [-0.1, -0.05) is 12.1 Å². The maximum atomic E-state index is 12.7. The molecule has 0 fully saturated rings. The van der Waals surface area contributed by atoms with Gasteiger partial charge in [0.15, 0.2) is 5.69 Å². The van der Waals surface area contributed by atoms with E-state index in [1.165, 1.54) is 36.4 Å². The molecular weight excluding hydrogens is 338 g/mol. The molecule has 10 heteroatoms. The Bertz CT molecular complexity index is 897. The number of aromatic carboxylic acids is 1. The van der Waals surface area contributed by atoms with Gasteiger partial charge in [0.1, 0.15) is 5.82 Å². The van der Waals surface area contributed by atoms with E-state index in [4.69, 9.17) is 5.11 Å². The van der Waals surface area contributed by atoms with Crippen LogP contribution in [0.4, 0.5) is 11.5 Å². The van der Waals surface area contributed by atoms with Gasteiger partial charge in [0.2, 0.25) is 0 Å². The van der Waals surface area contributed by atoms with Gasteiger partial charge in [-0.05, 0) is 25.1 Å². The molecule has 9 nitrogen and oxygen atoms in total. The summed E-state index contributed by atoms with van der Waals surface area (Å²) in [6.45, 7) is 1.52. The molecule has 0 saturated heterocycles. The van der Waals surface area contributed by atoms with E-state index in [-0.39, 0.29) is 28.6 Å². The number of rotatable bonds is 6. The fourth-order valence-electron chi connectivity index (χ4n) is 2.02. The van der Waals surface area contributed by atoms with Crippen molar-refractivity contribution in [2.75, 3.05) is 10.8 Å². The van der Waals surface area contributed by atoms with Gasteiger partial charge in [-0.15, -0.1) is 0 Å². The molecule has 2 aromatic rings. The van der Waals surface area contributed by atoms with E-state index >= 15 is 0 Å². The van der Waals surface area contributed by atoms with Crippen molar-refractivity contribution < 1.29 is 23.2 Å². The van der Waals surface area contributed by atoms with E-state index in [2.05, 4.69) is 4.98 Å². The highest BCUT2D eigenvalue weighted by atomic mass is 32.2. The standard InChI is InChI=1S/C14H13N3O6S/c1-2-16(13-8-4-7-12(15-13)14(18)19)24(22,23)11-6-3-5-10(9-11)17(20)21/h3-9H,2H2,1H3,(H,18,19). The molecule has 0 aliphatic heterocycles. The summed E-state index contributed by atoms with van der Waals surface area (Å²) < 4.78 is 26.4. The average molecular weight is 351 g/mol. The van der Waals surface area contributed by atoms with Crippen molar-refractivity contribution in [3.05, 3.63) is 58.3 Å². The lowest BCUT2D eigenvalue weighted by Gasteiger charge is -2.21. The van der Waals surface area contributed by atoms with Gasteiger partial charge in [-0.25, -0.2) is 18.2 Å². The maximum absolute atomic E-state index is 12.7. The van der Waals surface area contributed by atoms with Crippen LogP contribution >= 0.6 is 0 Å². The molecule has 24 heavy (non-hydrogen) atoms. The highest BCUT2D eigenvalue weighted by Gasteiger charge is 2.26. The molecule has 0 radical (unpaired) electrons. The number of sulfonamides is 1.